The molecule has 7 nitrogen and oxygen atoms in total. The van der Waals surface area contributed by atoms with Crippen LogP contribution in [0, 0.1) is 0 Å². The van der Waals surface area contributed by atoms with Crippen LogP contribution in [0.15, 0.2) is 40.2 Å². The van der Waals surface area contributed by atoms with Gasteiger partial charge in [0.1, 0.15) is 11.6 Å². The fourth-order valence-electron chi connectivity index (χ4n) is 2.15. The SMILES string of the molecule is COc1cc(S(C)(=O)=O)ccc1-c1nc2cc(=O)[nH]cc2[nH]1. The van der Waals surface area contributed by atoms with E-state index < -0.39 is 9.84 Å². The van der Waals surface area contributed by atoms with Gasteiger partial charge in [0.25, 0.3) is 0 Å². The number of sulfone groups is 1. The summed E-state index contributed by atoms with van der Waals surface area (Å²) in [5, 5.41) is 0. The molecule has 0 saturated carbocycles. The fraction of sp³-hybridized carbons (Fsp3) is 0.143. The Kier molecular flexibility index (Phi) is 3.25. The molecule has 0 atom stereocenters. The van der Waals surface area contributed by atoms with Crippen molar-refractivity contribution < 1.29 is 13.2 Å². The van der Waals surface area contributed by atoms with Gasteiger partial charge in [-0.15, -0.1) is 0 Å². The number of hydrogen-bond donors (Lipinski definition) is 2. The first-order chi connectivity index (χ1) is 10.4. The summed E-state index contributed by atoms with van der Waals surface area (Å²) in [6.07, 6.45) is 2.67. The largest absolute Gasteiger partial charge is 0.496 e. The molecule has 0 aliphatic rings. The Morgan fingerprint density at radius 3 is 2.68 bits per heavy atom. The predicted octanol–water partition coefficient (Wildman–Crippen LogP) is 1.33. The van der Waals surface area contributed by atoms with E-state index in [9.17, 15) is 13.2 Å². The molecule has 0 fully saturated rings. The minimum Gasteiger partial charge on any atom is -0.496 e. The minimum absolute atomic E-state index is 0.166. The summed E-state index contributed by atoms with van der Waals surface area (Å²) in [6, 6.07) is 5.94. The minimum atomic E-state index is -3.32. The Bertz CT molecular complexity index is 1020. The number of H-pyrrole nitrogens is 2. The second-order valence-electron chi connectivity index (χ2n) is 4.82. The van der Waals surface area contributed by atoms with Gasteiger partial charge in [0.15, 0.2) is 9.84 Å². The molecule has 2 aromatic heterocycles. The van der Waals surface area contributed by atoms with E-state index in [0.29, 0.717) is 28.2 Å². The van der Waals surface area contributed by atoms with Gasteiger partial charge in [0, 0.05) is 18.5 Å². The Hall–Kier alpha value is -2.61. The van der Waals surface area contributed by atoms with Crippen LogP contribution in [0.2, 0.25) is 0 Å². The molecule has 114 valence electrons. The highest BCUT2D eigenvalue weighted by Gasteiger charge is 2.15. The number of nitrogens with zero attached hydrogens (tertiary/aromatic N) is 1. The lowest BCUT2D eigenvalue weighted by Gasteiger charge is -2.08. The summed E-state index contributed by atoms with van der Waals surface area (Å²) >= 11 is 0. The molecule has 22 heavy (non-hydrogen) atoms. The maximum atomic E-state index is 11.6. The monoisotopic (exact) mass is 319 g/mol. The molecule has 0 aliphatic carbocycles. The number of aromatic nitrogens is 3. The first kappa shape index (κ1) is 14.3. The van der Waals surface area contributed by atoms with Crippen LogP contribution in [-0.4, -0.2) is 36.7 Å². The van der Waals surface area contributed by atoms with E-state index in [1.54, 1.807) is 6.07 Å². The molecular weight excluding hydrogens is 306 g/mol. The molecule has 2 heterocycles. The van der Waals surface area contributed by atoms with E-state index in [2.05, 4.69) is 15.0 Å². The first-order valence-corrected chi connectivity index (χ1v) is 8.24. The summed E-state index contributed by atoms with van der Waals surface area (Å²) in [4.78, 5) is 21.4. The third-order valence-corrected chi connectivity index (χ3v) is 4.35. The summed E-state index contributed by atoms with van der Waals surface area (Å²) in [5.41, 5.74) is 1.56. The number of imidazole rings is 1. The van der Waals surface area contributed by atoms with Crippen molar-refractivity contribution >= 4 is 20.9 Å². The predicted molar refractivity (Wildman–Crippen MR) is 81.8 cm³/mol. The van der Waals surface area contributed by atoms with Crippen molar-refractivity contribution in [2.75, 3.05) is 13.4 Å². The van der Waals surface area contributed by atoms with Crippen molar-refractivity contribution in [2.45, 2.75) is 4.90 Å². The van der Waals surface area contributed by atoms with Gasteiger partial charge in [-0.1, -0.05) is 0 Å². The number of pyridine rings is 1. The summed E-state index contributed by atoms with van der Waals surface area (Å²) in [6.45, 7) is 0. The maximum absolute atomic E-state index is 11.6. The fourth-order valence-corrected chi connectivity index (χ4v) is 2.79. The van der Waals surface area contributed by atoms with Crippen molar-refractivity contribution in [1.29, 1.82) is 0 Å². The molecule has 1 aromatic carbocycles. The van der Waals surface area contributed by atoms with E-state index >= 15 is 0 Å². The van der Waals surface area contributed by atoms with Crippen LogP contribution in [0.4, 0.5) is 0 Å². The van der Waals surface area contributed by atoms with Crippen LogP contribution in [-0.2, 0) is 9.84 Å². The average molecular weight is 319 g/mol. The zero-order valence-corrected chi connectivity index (χ0v) is 12.7. The molecule has 0 unspecified atom stereocenters. The highest BCUT2D eigenvalue weighted by molar-refractivity contribution is 7.90. The van der Waals surface area contributed by atoms with Crippen molar-refractivity contribution in [1.82, 2.24) is 15.0 Å². The Labute approximate surface area is 125 Å². The first-order valence-electron chi connectivity index (χ1n) is 6.35. The second kappa shape index (κ2) is 4.99. The van der Waals surface area contributed by atoms with Crippen LogP contribution < -0.4 is 10.3 Å². The number of fused-ring (bicyclic) bond motifs is 1. The molecule has 0 spiro atoms. The van der Waals surface area contributed by atoms with E-state index in [1.807, 2.05) is 0 Å². The number of aromatic amines is 2. The summed E-state index contributed by atoms with van der Waals surface area (Å²) < 4.78 is 28.5. The molecule has 3 rings (SSSR count). The van der Waals surface area contributed by atoms with Gasteiger partial charge >= 0.3 is 0 Å². The zero-order chi connectivity index (χ0) is 15.9. The van der Waals surface area contributed by atoms with Crippen molar-refractivity contribution in [2.24, 2.45) is 0 Å². The molecular formula is C14H13N3O4S. The Morgan fingerprint density at radius 1 is 1.23 bits per heavy atom. The topological polar surface area (TPSA) is 105 Å². The molecule has 0 saturated heterocycles. The highest BCUT2D eigenvalue weighted by atomic mass is 32.2. The quantitative estimate of drug-likeness (QED) is 0.758. The lowest BCUT2D eigenvalue weighted by molar-refractivity contribution is 0.415. The van der Waals surface area contributed by atoms with Crippen LogP contribution >= 0.6 is 0 Å². The third kappa shape index (κ3) is 2.48. The molecule has 3 aromatic rings. The normalized spacial score (nSPS) is 11.7. The van der Waals surface area contributed by atoms with Gasteiger partial charge in [-0.05, 0) is 18.2 Å². The zero-order valence-electron chi connectivity index (χ0n) is 11.9. The van der Waals surface area contributed by atoms with Gasteiger partial charge in [-0.3, -0.25) is 4.79 Å². The van der Waals surface area contributed by atoms with Gasteiger partial charge in [0.05, 0.1) is 28.6 Å². The number of benzene rings is 1. The number of ether oxygens (including phenoxy) is 1. The third-order valence-electron chi connectivity index (χ3n) is 3.24. The second-order valence-corrected chi connectivity index (χ2v) is 6.83. The maximum Gasteiger partial charge on any atom is 0.250 e. The van der Waals surface area contributed by atoms with E-state index in [-0.39, 0.29) is 10.5 Å². The number of hydrogen-bond acceptors (Lipinski definition) is 5. The molecule has 0 radical (unpaired) electrons. The lowest BCUT2D eigenvalue weighted by Crippen LogP contribution is -2.00. The van der Waals surface area contributed by atoms with Crippen molar-refractivity contribution in [3.8, 4) is 17.1 Å². The van der Waals surface area contributed by atoms with Gasteiger partial charge < -0.3 is 14.7 Å². The number of methoxy groups -OCH3 is 1. The number of nitrogens with one attached hydrogen (secondary N) is 2. The lowest BCUT2D eigenvalue weighted by atomic mass is 10.2. The van der Waals surface area contributed by atoms with Crippen molar-refractivity contribution in [3.63, 3.8) is 0 Å². The van der Waals surface area contributed by atoms with Crippen LogP contribution in [0.5, 0.6) is 5.75 Å². The van der Waals surface area contributed by atoms with Crippen LogP contribution in [0.25, 0.3) is 22.4 Å². The van der Waals surface area contributed by atoms with Gasteiger partial charge in [-0.2, -0.15) is 0 Å². The smallest absolute Gasteiger partial charge is 0.250 e. The van der Waals surface area contributed by atoms with E-state index in [4.69, 9.17) is 4.74 Å². The average Bonchev–Trinajstić information content (AvgIpc) is 2.88. The summed E-state index contributed by atoms with van der Waals surface area (Å²) in [5.74, 6) is 0.874. The van der Waals surface area contributed by atoms with Gasteiger partial charge in [-0.25, -0.2) is 13.4 Å². The Balaban J connectivity index is 2.19. The molecule has 0 aliphatic heterocycles. The van der Waals surface area contributed by atoms with E-state index in [0.717, 1.165) is 6.26 Å². The van der Waals surface area contributed by atoms with Crippen LogP contribution in [0.1, 0.15) is 0 Å². The standard InChI is InChI=1S/C14H13N3O4S/c1-21-12-5-8(22(2,19)20)3-4-9(12)14-16-10-6-13(18)15-7-11(10)17-14/h3-7H,1-2H3,(H,15,18)(H,16,17). The van der Waals surface area contributed by atoms with Gasteiger partial charge in [0.2, 0.25) is 5.56 Å². The summed E-state index contributed by atoms with van der Waals surface area (Å²) in [7, 11) is -1.87. The van der Waals surface area contributed by atoms with Crippen LogP contribution in [0.3, 0.4) is 0 Å². The molecule has 0 amide bonds. The highest BCUT2D eigenvalue weighted by Crippen LogP contribution is 2.31. The molecule has 2 N–H and O–H groups in total. The Morgan fingerprint density at radius 2 is 2.00 bits per heavy atom. The van der Waals surface area contributed by atoms with Crippen molar-refractivity contribution in [3.05, 3.63) is 40.8 Å². The van der Waals surface area contributed by atoms with E-state index in [1.165, 1.54) is 31.5 Å². The molecule has 0 bridgehead atoms. The number of rotatable bonds is 3. The molecule has 8 heteroatoms.